The number of amides is 1. The number of rotatable bonds is 11. The number of anilines is 1. The van der Waals surface area contributed by atoms with Gasteiger partial charge in [-0.1, -0.05) is 24.3 Å². The average Bonchev–Trinajstić information content (AvgIpc) is 2.70. The van der Waals surface area contributed by atoms with Gasteiger partial charge in [-0.05, 0) is 49.2 Å². The van der Waals surface area contributed by atoms with Crippen molar-refractivity contribution in [2.24, 2.45) is 5.73 Å². The maximum atomic E-state index is 11.5. The third-order valence-corrected chi connectivity index (χ3v) is 4.51. The lowest BCUT2D eigenvalue weighted by Gasteiger charge is -2.19. The topological polar surface area (TPSA) is 87.8 Å². The summed E-state index contributed by atoms with van der Waals surface area (Å²) in [4.78, 5) is 13.7. The van der Waals surface area contributed by atoms with Gasteiger partial charge in [0.15, 0.2) is 0 Å². The zero-order valence-corrected chi connectivity index (χ0v) is 16.0. The Bertz CT molecular complexity index is 722. The number of benzene rings is 2. The number of carbonyl (C=O) groups excluding carboxylic acids is 1. The van der Waals surface area contributed by atoms with Crippen LogP contribution in [0.5, 0.6) is 5.75 Å². The first kappa shape index (κ1) is 20.7. The Morgan fingerprint density at radius 2 is 1.96 bits per heavy atom. The second-order valence-electron chi connectivity index (χ2n) is 6.51. The summed E-state index contributed by atoms with van der Waals surface area (Å²) < 4.78 is 5.12. The van der Waals surface area contributed by atoms with Crippen LogP contribution in [0.4, 0.5) is 5.69 Å². The van der Waals surface area contributed by atoms with Crippen LogP contribution in [0.2, 0.25) is 0 Å². The third kappa shape index (κ3) is 6.27. The number of nitrogens with one attached hydrogen (secondary N) is 1. The average molecular weight is 371 g/mol. The van der Waals surface area contributed by atoms with E-state index < -0.39 is 12.0 Å². The van der Waals surface area contributed by atoms with E-state index >= 15 is 0 Å². The van der Waals surface area contributed by atoms with E-state index in [2.05, 4.69) is 29.4 Å². The fraction of sp³-hybridized carbons (Fsp3) is 0.381. The molecule has 2 rings (SSSR count). The van der Waals surface area contributed by atoms with E-state index in [1.165, 1.54) is 12.8 Å². The van der Waals surface area contributed by atoms with Crippen molar-refractivity contribution in [1.82, 2.24) is 5.32 Å². The van der Waals surface area contributed by atoms with Crippen molar-refractivity contribution >= 4 is 11.6 Å². The van der Waals surface area contributed by atoms with Gasteiger partial charge in [0.25, 0.3) is 5.91 Å². The van der Waals surface area contributed by atoms with E-state index in [9.17, 15) is 9.90 Å². The van der Waals surface area contributed by atoms with Crippen molar-refractivity contribution in [2.75, 3.05) is 38.7 Å². The molecule has 2 aromatic rings. The summed E-state index contributed by atoms with van der Waals surface area (Å²) in [5, 5.41) is 13.6. The number of methoxy groups -OCH3 is 1. The fourth-order valence-corrected chi connectivity index (χ4v) is 2.89. The molecule has 0 saturated heterocycles. The summed E-state index contributed by atoms with van der Waals surface area (Å²) in [6.07, 6.45) is 1.36. The molecule has 6 heteroatoms. The summed E-state index contributed by atoms with van der Waals surface area (Å²) in [5.41, 5.74) is 7.49. The number of carbonyl (C=O) groups is 1. The molecule has 6 nitrogen and oxygen atoms in total. The molecule has 0 spiro atoms. The molecule has 27 heavy (non-hydrogen) atoms. The smallest absolute Gasteiger partial charge is 0.252 e. The zero-order chi connectivity index (χ0) is 19.6. The first-order valence-electron chi connectivity index (χ1n) is 9.15. The number of aliphatic hydroxyl groups excluding tert-OH is 1. The van der Waals surface area contributed by atoms with Gasteiger partial charge in [0, 0.05) is 25.8 Å². The number of para-hydroxylation sites is 1. The maximum Gasteiger partial charge on any atom is 0.252 e. The zero-order valence-electron chi connectivity index (χ0n) is 16.0. The fourth-order valence-electron chi connectivity index (χ4n) is 2.89. The molecule has 0 aliphatic rings. The number of primary amides is 1. The predicted molar refractivity (Wildman–Crippen MR) is 108 cm³/mol. The molecule has 4 N–H and O–H groups in total. The number of aliphatic hydroxyl groups is 1. The number of hydrogen-bond donors (Lipinski definition) is 3. The molecule has 0 heterocycles. The molecule has 0 aromatic heterocycles. The van der Waals surface area contributed by atoms with E-state index in [1.807, 2.05) is 18.2 Å². The monoisotopic (exact) mass is 371 g/mol. The molecule has 1 unspecified atom stereocenters. The second kappa shape index (κ2) is 10.5. The van der Waals surface area contributed by atoms with Crippen molar-refractivity contribution in [3.05, 3.63) is 59.7 Å². The van der Waals surface area contributed by atoms with E-state index in [0.29, 0.717) is 17.9 Å². The predicted octanol–water partition coefficient (Wildman–Crippen LogP) is 2.33. The largest absolute Gasteiger partial charge is 0.496 e. The summed E-state index contributed by atoms with van der Waals surface area (Å²) in [7, 11) is 3.57. The highest BCUT2D eigenvalue weighted by Gasteiger charge is 2.14. The molecular formula is C21H29N3O3. The van der Waals surface area contributed by atoms with Crippen LogP contribution in [0.25, 0.3) is 0 Å². The van der Waals surface area contributed by atoms with Gasteiger partial charge in [0.05, 0.1) is 18.8 Å². The molecule has 1 amide bonds. The SMILES string of the molecule is COc1ccc(C(O)CNCCCCN(C)c2ccccc2)cc1C(N)=O. The van der Waals surface area contributed by atoms with Crippen LogP contribution < -0.4 is 20.7 Å². The molecule has 0 bridgehead atoms. The Hall–Kier alpha value is -2.57. The summed E-state index contributed by atoms with van der Waals surface area (Å²) in [5.74, 6) is -0.162. The van der Waals surface area contributed by atoms with Crippen LogP contribution in [-0.2, 0) is 0 Å². The van der Waals surface area contributed by atoms with Crippen molar-refractivity contribution in [3.63, 3.8) is 0 Å². The summed E-state index contributed by atoms with van der Waals surface area (Å²) >= 11 is 0. The van der Waals surface area contributed by atoms with E-state index in [-0.39, 0.29) is 5.56 Å². The normalized spacial score (nSPS) is 11.8. The summed E-state index contributed by atoms with van der Waals surface area (Å²) in [6.45, 7) is 2.21. The molecular weight excluding hydrogens is 342 g/mol. The lowest BCUT2D eigenvalue weighted by atomic mass is 10.0. The van der Waals surface area contributed by atoms with Crippen molar-refractivity contribution in [2.45, 2.75) is 18.9 Å². The minimum absolute atomic E-state index is 0.276. The molecule has 0 aliphatic heterocycles. The number of hydrogen-bond acceptors (Lipinski definition) is 5. The third-order valence-electron chi connectivity index (χ3n) is 4.51. The van der Waals surface area contributed by atoms with Crippen LogP contribution in [0.15, 0.2) is 48.5 Å². The maximum absolute atomic E-state index is 11.5. The van der Waals surface area contributed by atoms with Gasteiger partial charge in [-0.3, -0.25) is 4.79 Å². The minimum Gasteiger partial charge on any atom is -0.496 e. The van der Waals surface area contributed by atoms with Crippen molar-refractivity contribution in [3.8, 4) is 5.75 Å². The van der Waals surface area contributed by atoms with Gasteiger partial charge in [0.1, 0.15) is 5.75 Å². The Kier molecular flexibility index (Phi) is 8.10. The van der Waals surface area contributed by atoms with Gasteiger partial charge in [-0.2, -0.15) is 0 Å². The highest BCUT2D eigenvalue weighted by molar-refractivity contribution is 5.95. The van der Waals surface area contributed by atoms with E-state index in [1.54, 1.807) is 18.2 Å². The number of unbranched alkanes of at least 4 members (excludes halogenated alkanes) is 1. The Balaban J connectivity index is 1.71. The Morgan fingerprint density at radius 1 is 1.22 bits per heavy atom. The molecule has 0 aliphatic carbocycles. The van der Waals surface area contributed by atoms with Crippen LogP contribution in [0.3, 0.4) is 0 Å². The summed E-state index contributed by atoms with van der Waals surface area (Å²) in [6, 6.07) is 15.3. The molecule has 146 valence electrons. The Morgan fingerprint density at radius 3 is 2.63 bits per heavy atom. The van der Waals surface area contributed by atoms with Gasteiger partial charge >= 0.3 is 0 Å². The van der Waals surface area contributed by atoms with Gasteiger partial charge in [-0.15, -0.1) is 0 Å². The van der Waals surface area contributed by atoms with Crippen LogP contribution >= 0.6 is 0 Å². The number of nitrogens with zero attached hydrogens (tertiary/aromatic N) is 1. The lowest BCUT2D eigenvalue weighted by molar-refractivity contribution is 0.0997. The highest BCUT2D eigenvalue weighted by Crippen LogP contribution is 2.23. The molecule has 0 radical (unpaired) electrons. The van der Waals surface area contributed by atoms with E-state index in [4.69, 9.17) is 10.5 Å². The van der Waals surface area contributed by atoms with Crippen molar-refractivity contribution < 1.29 is 14.6 Å². The number of ether oxygens (including phenoxy) is 1. The van der Waals surface area contributed by atoms with Gasteiger partial charge in [-0.25, -0.2) is 0 Å². The lowest BCUT2D eigenvalue weighted by Crippen LogP contribution is -2.24. The quantitative estimate of drug-likeness (QED) is 0.528. The molecule has 2 aromatic carbocycles. The number of nitrogens with two attached hydrogens (primary N) is 1. The van der Waals surface area contributed by atoms with Crippen LogP contribution in [-0.4, -0.2) is 44.8 Å². The van der Waals surface area contributed by atoms with E-state index in [0.717, 1.165) is 25.9 Å². The minimum atomic E-state index is -0.707. The first-order valence-corrected chi connectivity index (χ1v) is 9.15. The van der Waals surface area contributed by atoms with Gasteiger partial charge < -0.3 is 25.8 Å². The first-order chi connectivity index (χ1) is 13.0. The molecule has 0 saturated carbocycles. The van der Waals surface area contributed by atoms with Crippen LogP contribution in [0, 0.1) is 0 Å². The Labute approximate surface area is 160 Å². The standard InChI is InChI=1S/C21H29N3O3/c1-24(17-8-4-3-5-9-17)13-7-6-12-23-15-19(25)16-10-11-20(27-2)18(14-16)21(22)26/h3-5,8-11,14,19,23,25H,6-7,12-13,15H2,1-2H3,(H2,22,26). The molecule has 1 atom stereocenters. The second-order valence-corrected chi connectivity index (χ2v) is 6.51. The van der Waals surface area contributed by atoms with Crippen LogP contribution in [0.1, 0.15) is 34.9 Å². The van der Waals surface area contributed by atoms with Gasteiger partial charge in [0.2, 0.25) is 0 Å². The molecule has 0 fully saturated rings. The highest BCUT2D eigenvalue weighted by atomic mass is 16.5. The van der Waals surface area contributed by atoms with Crippen molar-refractivity contribution in [1.29, 1.82) is 0 Å².